The zero-order valence-electron chi connectivity index (χ0n) is 17.6. The van der Waals surface area contributed by atoms with E-state index in [0.717, 1.165) is 17.5 Å². The van der Waals surface area contributed by atoms with E-state index < -0.39 is 0 Å². The molecule has 0 aliphatic rings. The molecule has 0 atom stereocenters. The van der Waals surface area contributed by atoms with Crippen LogP contribution in [-0.4, -0.2) is 30.6 Å². The van der Waals surface area contributed by atoms with Crippen LogP contribution in [-0.2, 0) is 11.3 Å². The Labute approximate surface area is 178 Å². The van der Waals surface area contributed by atoms with Crippen LogP contribution in [0, 0.1) is 11.3 Å². The summed E-state index contributed by atoms with van der Waals surface area (Å²) >= 11 is 0. The molecule has 2 rings (SSSR count). The van der Waals surface area contributed by atoms with Crippen LogP contribution in [0.1, 0.15) is 37.0 Å². The Morgan fingerprint density at radius 3 is 2.53 bits per heavy atom. The smallest absolute Gasteiger partial charge is 0.247 e. The fourth-order valence-electron chi connectivity index (χ4n) is 2.79. The molecule has 0 N–H and O–H groups in total. The number of rotatable bonds is 11. The molecule has 0 heterocycles. The molecule has 0 bridgehead atoms. The maximum absolute atomic E-state index is 12.7. The van der Waals surface area contributed by atoms with Crippen molar-refractivity contribution >= 4 is 12.0 Å². The number of carbonyl (C=O) groups is 1. The molecule has 0 aliphatic heterocycles. The summed E-state index contributed by atoms with van der Waals surface area (Å²) in [5, 5.41) is 8.92. The second kappa shape index (κ2) is 12.1. The summed E-state index contributed by atoms with van der Waals surface area (Å²) in [4.78, 5) is 14.4. The lowest BCUT2D eigenvalue weighted by atomic mass is 10.1. The van der Waals surface area contributed by atoms with Crippen molar-refractivity contribution in [3.63, 3.8) is 0 Å². The van der Waals surface area contributed by atoms with Crippen LogP contribution < -0.4 is 9.47 Å². The number of benzene rings is 2. The molecule has 2 aromatic rings. The second-order valence-electron chi connectivity index (χ2n) is 6.64. The number of carbonyl (C=O) groups excluding carboxylic acids is 1. The topological polar surface area (TPSA) is 62.6 Å². The lowest BCUT2D eigenvalue weighted by Gasteiger charge is -2.19. The van der Waals surface area contributed by atoms with Gasteiger partial charge in [-0.05, 0) is 54.8 Å². The zero-order valence-corrected chi connectivity index (χ0v) is 17.6. The van der Waals surface area contributed by atoms with Gasteiger partial charge in [0.15, 0.2) is 11.5 Å². The number of ether oxygens (including phenoxy) is 2. The third kappa shape index (κ3) is 6.82. The molecule has 0 unspecified atom stereocenters. The average molecular weight is 405 g/mol. The summed E-state index contributed by atoms with van der Waals surface area (Å²) in [5.74, 6) is 1.25. The van der Waals surface area contributed by atoms with Crippen molar-refractivity contribution in [2.45, 2.75) is 26.8 Å². The van der Waals surface area contributed by atoms with Crippen molar-refractivity contribution in [2.24, 2.45) is 0 Å². The predicted molar refractivity (Wildman–Crippen MR) is 119 cm³/mol. The van der Waals surface area contributed by atoms with Gasteiger partial charge in [0.2, 0.25) is 5.91 Å². The SMILES string of the molecule is C=CCN(Cc1ccc(C#N)cc1)C(=O)/C=C/c1ccc(OCCC)c(OCC)c1. The minimum Gasteiger partial charge on any atom is -0.490 e. The quantitative estimate of drug-likeness (QED) is 0.392. The molecule has 0 saturated heterocycles. The molecule has 5 nitrogen and oxygen atoms in total. The van der Waals surface area contributed by atoms with Crippen LogP contribution in [0.2, 0.25) is 0 Å². The highest BCUT2D eigenvalue weighted by atomic mass is 16.5. The van der Waals surface area contributed by atoms with E-state index in [1.807, 2.05) is 37.3 Å². The molecule has 2 aromatic carbocycles. The van der Waals surface area contributed by atoms with Crippen molar-refractivity contribution < 1.29 is 14.3 Å². The molecule has 5 heteroatoms. The highest BCUT2D eigenvalue weighted by Crippen LogP contribution is 2.29. The van der Waals surface area contributed by atoms with Gasteiger partial charge in [-0.25, -0.2) is 0 Å². The van der Waals surface area contributed by atoms with Gasteiger partial charge in [-0.2, -0.15) is 5.26 Å². The number of hydrogen-bond donors (Lipinski definition) is 0. The molecule has 30 heavy (non-hydrogen) atoms. The lowest BCUT2D eigenvalue weighted by Crippen LogP contribution is -2.29. The highest BCUT2D eigenvalue weighted by Gasteiger charge is 2.11. The summed E-state index contributed by atoms with van der Waals surface area (Å²) in [6.07, 6.45) is 5.93. The van der Waals surface area contributed by atoms with Crippen LogP contribution in [0.4, 0.5) is 0 Å². The van der Waals surface area contributed by atoms with Crippen molar-refractivity contribution in [3.05, 3.63) is 77.9 Å². The Balaban J connectivity index is 2.12. The van der Waals surface area contributed by atoms with Crippen LogP contribution in [0.25, 0.3) is 6.08 Å². The fourth-order valence-corrected chi connectivity index (χ4v) is 2.79. The second-order valence-corrected chi connectivity index (χ2v) is 6.64. The van der Waals surface area contributed by atoms with E-state index >= 15 is 0 Å². The molecule has 0 fully saturated rings. The first kappa shape index (κ1) is 22.8. The van der Waals surface area contributed by atoms with Crippen LogP contribution in [0.15, 0.2) is 61.2 Å². The first-order valence-corrected chi connectivity index (χ1v) is 10.1. The molecule has 0 aliphatic carbocycles. The van der Waals surface area contributed by atoms with E-state index in [1.165, 1.54) is 0 Å². The molecule has 0 aromatic heterocycles. The van der Waals surface area contributed by atoms with Gasteiger partial charge < -0.3 is 14.4 Å². The van der Waals surface area contributed by atoms with Gasteiger partial charge >= 0.3 is 0 Å². The van der Waals surface area contributed by atoms with Crippen LogP contribution in [0.5, 0.6) is 11.5 Å². The minimum atomic E-state index is -0.122. The standard InChI is InChI=1S/C25H28N2O3/c1-4-15-27(19-22-9-7-21(18-26)8-10-22)25(28)14-12-20-11-13-23(30-16-5-2)24(17-20)29-6-3/h4,7-14,17H,1,5-6,15-16,19H2,2-3H3/b14-12+. The van der Waals surface area contributed by atoms with Crippen molar-refractivity contribution in [3.8, 4) is 17.6 Å². The van der Waals surface area contributed by atoms with E-state index in [-0.39, 0.29) is 5.91 Å². The Morgan fingerprint density at radius 2 is 1.90 bits per heavy atom. The predicted octanol–water partition coefficient (Wildman–Crippen LogP) is 4.97. The Hall–Kier alpha value is -3.52. The summed E-state index contributed by atoms with van der Waals surface area (Å²) in [5.41, 5.74) is 2.40. The largest absolute Gasteiger partial charge is 0.490 e. The molecule has 1 amide bonds. The summed E-state index contributed by atoms with van der Waals surface area (Å²) in [6, 6.07) is 14.9. The molecule has 156 valence electrons. The van der Waals surface area contributed by atoms with Gasteiger partial charge in [-0.15, -0.1) is 6.58 Å². The van der Waals surface area contributed by atoms with Gasteiger partial charge in [-0.3, -0.25) is 4.79 Å². The maximum Gasteiger partial charge on any atom is 0.247 e. The van der Waals surface area contributed by atoms with E-state index in [4.69, 9.17) is 14.7 Å². The Bertz CT molecular complexity index is 911. The molecular weight excluding hydrogens is 376 g/mol. The zero-order chi connectivity index (χ0) is 21.8. The van der Waals surface area contributed by atoms with Crippen molar-refractivity contribution in [1.82, 2.24) is 4.90 Å². The van der Waals surface area contributed by atoms with Crippen LogP contribution >= 0.6 is 0 Å². The van der Waals surface area contributed by atoms with Gasteiger partial charge in [0.1, 0.15) is 0 Å². The van der Waals surface area contributed by atoms with Gasteiger partial charge in [0, 0.05) is 19.2 Å². The maximum atomic E-state index is 12.7. The summed E-state index contributed by atoms with van der Waals surface area (Å²) in [6.45, 7) is 9.74. The molecule has 0 saturated carbocycles. The average Bonchev–Trinajstić information content (AvgIpc) is 2.77. The highest BCUT2D eigenvalue weighted by molar-refractivity contribution is 5.92. The number of hydrogen-bond acceptors (Lipinski definition) is 4. The van der Waals surface area contributed by atoms with Crippen LogP contribution in [0.3, 0.4) is 0 Å². The minimum absolute atomic E-state index is 0.122. The third-order valence-electron chi connectivity index (χ3n) is 4.27. The Kier molecular flexibility index (Phi) is 9.20. The first-order chi connectivity index (χ1) is 14.6. The monoisotopic (exact) mass is 404 g/mol. The van der Waals surface area contributed by atoms with E-state index in [0.29, 0.717) is 43.4 Å². The van der Waals surface area contributed by atoms with E-state index in [9.17, 15) is 4.79 Å². The number of nitriles is 1. The summed E-state index contributed by atoms with van der Waals surface area (Å²) < 4.78 is 11.4. The van der Waals surface area contributed by atoms with Crippen molar-refractivity contribution in [2.75, 3.05) is 19.8 Å². The molecule has 0 radical (unpaired) electrons. The van der Waals surface area contributed by atoms with E-state index in [1.54, 1.807) is 35.3 Å². The Morgan fingerprint density at radius 1 is 1.13 bits per heavy atom. The summed E-state index contributed by atoms with van der Waals surface area (Å²) in [7, 11) is 0. The van der Waals surface area contributed by atoms with Gasteiger partial charge in [-0.1, -0.05) is 31.2 Å². The first-order valence-electron chi connectivity index (χ1n) is 10.1. The van der Waals surface area contributed by atoms with Gasteiger partial charge in [0.25, 0.3) is 0 Å². The molecular formula is C25H28N2O3. The lowest BCUT2D eigenvalue weighted by molar-refractivity contribution is -0.126. The number of nitrogens with zero attached hydrogens (tertiary/aromatic N) is 2. The number of amides is 1. The van der Waals surface area contributed by atoms with E-state index in [2.05, 4.69) is 19.6 Å². The molecule has 0 spiro atoms. The normalized spacial score (nSPS) is 10.4. The third-order valence-corrected chi connectivity index (χ3v) is 4.27. The fraction of sp³-hybridized carbons (Fsp3) is 0.280. The van der Waals surface area contributed by atoms with Crippen molar-refractivity contribution in [1.29, 1.82) is 5.26 Å². The van der Waals surface area contributed by atoms with Gasteiger partial charge in [0.05, 0.1) is 24.8 Å².